The van der Waals surface area contributed by atoms with Gasteiger partial charge in [-0.05, 0) is 19.3 Å². The zero-order valence-corrected chi connectivity index (χ0v) is 11.3. The second-order valence-corrected chi connectivity index (χ2v) is 7.05. The molecule has 1 aliphatic heterocycles. The van der Waals surface area contributed by atoms with Crippen molar-refractivity contribution in [2.24, 2.45) is 5.92 Å². The summed E-state index contributed by atoms with van der Waals surface area (Å²) in [4.78, 5) is 8.15. The molecule has 1 N–H and O–H groups in total. The van der Waals surface area contributed by atoms with E-state index in [1.807, 2.05) is 6.92 Å². The number of sulfone groups is 1. The Balaban J connectivity index is 1.77. The molecule has 0 aromatic carbocycles. The first-order chi connectivity index (χ1) is 9.05. The lowest BCUT2D eigenvalue weighted by Crippen LogP contribution is -2.16. The molecule has 0 spiro atoms. The average Bonchev–Trinajstić information content (AvgIpc) is 2.91. The van der Waals surface area contributed by atoms with Gasteiger partial charge in [-0.25, -0.2) is 13.4 Å². The Morgan fingerprint density at radius 1 is 1.47 bits per heavy atom. The lowest BCUT2D eigenvalue weighted by Gasteiger charge is -2.10. The number of rotatable bonds is 3. The van der Waals surface area contributed by atoms with Crippen LogP contribution in [0.5, 0.6) is 0 Å². The number of aromatic nitrogens is 3. The summed E-state index contributed by atoms with van der Waals surface area (Å²) in [7, 11) is -2.84. The predicted molar refractivity (Wildman–Crippen MR) is 69.6 cm³/mol. The van der Waals surface area contributed by atoms with E-state index in [0.717, 1.165) is 11.1 Å². The van der Waals surface area contributed by atoms with E-state index in [-0.39, 0.29) is 17.4 Å². The number of nitrogens with one attached hydrogen (secondary N) is 1. The van der Waals surface area contributed by atoms with Gasteiger partial charge in [0.1, 0.15) is 17.5 Å². The van der Waals surface area contributed by atoms with Gasteiger partial charge in [-0.2, -0.15) is 4.98 Å². The van der Waals surface area contributed by atoms with Gasteiger partial charge < -0.3 is 9.84 Å². The fourth-order valence-electron chi connectivity index (χ4n) is 2.33. The van der Waals surface area contributed by atoms with Crippen molar-refractivity contribution in [3.05, 3.63) is 12.0 Å². The molecule has 1 saturated heterocycles. The van der Waals surface area contributed by atoms with Crippen LogP contribution in [-0.2, 0) is 9.84 Å². The minimum Gasteiger partial charge on any atom is -0.369 e. The summed E-state index contributed by atoms with van der Waals surface area (Å²) < 4.78 is 27.9. The molecule has 0 radical (unpaired) electrons. The van der Waals surface area contributed by atoms with Gasteiger partial charge >= 0.3 is 0 Å². The van der Waals surface area contributed by atoms with Crippen LogP contribution < -0.4 is 5.32 Å². The summed E-state index contributed by atoms with van der Waals surface area (Å²) in [5.41, 5.74) is 1.16. The maximum atomic E-state index is 11.4. The molecule has 1 atom stereocenters. The lowest BCUT2D eigenvalue weighted by molar-refractivity contribution is 0.442. The molecule has 0 aliphatic carbocycles. The van der Waals surface area contributed by atoms with Crippen molar-refractivity contribution in [1.82, 2.24) is 15.1 Å². The highest BCUT2D eigenvalue weighted by molar-refractivity contribution is 7.91. The first-order valence-electron chi connectivity index (χ1n) is 6.06. The Hall–Kier alpha value is -1.70. The molecule has 7 nitrogen and oxygen atoms in total. The van der Waals surface area contributed by atoms with Crippen molar-refractivity contribution in [3.8, 4) is 0 Å². The van der Waals surface area contributed by atoms with Crippen LogP contribution in [-0.4, -0.2) is 41.6 Å². The van der Waals surface area contributed by atoms with Gasteiger partial charge in [0, 0.05) is 6.54 Å². The van der Waals surface area contributed by atoms with Crippen molar-refractivity contribution in [1.29, 1.82) is 0 Å². The summed E-state index contributed by atoms with van der Waals surface area (Å²) in [6.07, 6.45) is 2.10. The largest absolute Gasteiger partial charge is 0.369 e. The van der Waals surface area contributed by atoms with Crippen molar-refractivity contribution >= 4 is 26.8 Å². The molecular formula is C11H14N4O3S. The molecule has 8 heteroatoms. The Morgan fingerprint density at radius 2 is 2.32 bits per heavy atom. The molecule has 0 bridgehead atoms. The Kier molecular flexibility index (Phi) is 2.89. The summed E-state index contributed by atoms with van der Waals surface area (Å²) in [5, 5.41) is 7.78. The fraction of sp³-hybridized carbons (Fsp3) is 0.545. The summed E-state index contributed by atoms with van der Waals surface area (Å²) in [6.45, 7) is 2.40. The highest BCUT2D eigenvalue weighted by Crippen LogP contribution is 2.24. The zero-order chi connectivity index (χ0) is 13.5. The smallest absolute Gasteiger partial charge is 0.263 e. The average molecular weight is 282 g/mol. The van der Waals surface area contributed by atoms with Crippen LogP contribution in [0.3, 0.4) is 0 Å². The van der Waals surface area contributed by atoms with Gasteiger partial charge in [0.2, 0.25) is 0 Å². The van der Waals surface area contributed by atoms with E-state index in [1.165, 1.54) is 6.33 Å². The molecule has 0 saturated carbocycles. The van der Waals surface area contributed by atoms with Gasteiger partial charge in [-0.3, -0.25) is 0 Å². The molecule has 2 aromatic rings. The highest BCUT2D eigenvalue weighted by Gasteiger charge is 2.27. The standard InChI is InChI=1S/C11H14N4O3S/c1-7-9-10(13-6-14-11(9)18-15-7)12-4-8-2-3-19(16,17)5-8/h6,8H,2-5H2,1H3,(H,12,13,14)/t8-/m1/s1. The second-order valence-electron chi connectivity index (χ2n) is 4.82. The first-order valence-corrected chi connectivity index (χ1v) is 7.88. The van der Waals surface area contributed by atoms with Crippen molar-refractivity contribution in [3.63, 3.8) is 0 Å². The van der Waals surface area contributed by atoms with E-state index >= 15 is 0 Å². The molecule has 3 heterocycles. The van der Waals surface area contributed by atoms with Crippen LogP contribution in [0, 0.1) is 12.8 Å². The van der Waals surface area contributed by atoms with Crippen LogP contribution in [0.15, 0.2) is 10.9 Å². The van der Waals surface area contributed by atoms with E-state index in [9.17, 15) is 8.42 Å². The van der Waals surface area contributed by atoms with Crippen LogP contribution in [0.2, 0.25) is 0 Å². The van der Waals surface area contributed by atoms with E-state index in [2.05, 4.69) is 20.4 Å². The Morgan fingerprint density at radius 3 is 3.05 bits per heavy atom. The Bertz CT molecular complexity index is 710. The summed E-state index contributed by atoms with van der Waals surface area (Å²) >= 11 is 0. The predicted octanol–water partition coefficient (Wildman–Crippen LogP) is 0.773. The topological polar surface area (TPSA) is 98.0 Å². The maximum absolute atomic E-state index is 11.4. The Labute approximate surface area is 110 Å². The van der Waals surface area contributed by atoms with Crippen LogP contribution in [0.25, 0.3) is 11.1 Å². The molecule has 1 fully saturated rings. The van der Waals surface area contributed by atoms with Crippen molar-refractivity contribution in [2.75, 3.05) is 23.4 Å². The van der Waals surface area contributed by atoms with Crippen LogP contribution in [0.4, 0.5) is 5.82 Å². The fourth-order valence-corrected chi connectivity index (χ4v) is 4.19. The molecular weight excluding hydrogens is 268 g/mol. The van der Waals surface area contributed by atoms with E-state index in [4.69, 9.17) is 4.52 Å². The first kappa shape index (κ1) is 12.3. The van der Waals surface area contributed by atoms with Gasteiger partial charge in [0.15, 0.2) is 9.84 Å². The zero-order valence-electron chi connectivity index (χ0n) is 10.5. The van der Waals surface area contributed by atoms with Crippen molar-refractivity contribution < 1.29 is 12.9 Å². The number of nitrogens with zero attached hydrogens (tertiary/aromatic N) is 3. The SMILES string of the molecule is Cc1noc2ncnc(NC[C@H]3CCS(=O)(=O)C3)c12. The van der Waals surface area contributed by atoms with Crippen LogP contribution >= 0.6 is 0 Å². The third kappa shape index (κ3) is 2.40. The molecule has 3 rings (SSSR count). The summed E-state index contributed by atoms with van der Waals surface area (Å²) in [5.74, 6) is 1.31. The number of anilines is 1. The maximum Gasteiger partial charge on any atom is 0.263 e. The number of hydrogen-bond acceptors (Lipinski definition) is 7. The quantitative estimate of drug-likeness (QED) is 0.887. The molecule has 102 valence electrons. The highest BCUT2D eigenvalue weighted by atomic mass is 32.2. The normalized spacial score (nSPS) is 21.8. The van der Waals surface area contributed by atoms with E-state index in [1.54, 1.807) is 0 Å². The molecule has 0 unspecified atom stereocenters. The molecule has 19 heavy (non-hydrogen) atoms. The van der Waals surface area contributed by atoms with Gasteiger partial charge in [0.25, 0.3) is 5.71 Å². The monoisotopic (exact) mass is 282 g/mol. The van der Waals surface area contributed by atoms with Crippen LogP contribution in [0.1, 0.15) is 12.1 Å². The van der Waals surface area contributed by atoms with E-state index in [0.29, 0.717) is 24.5 Å². The molecule has 1 aliphatic rings. The van der Waals surface area contributed by atoms with Crippen molar-refractivity contribution in [2.45, 2.75) is 13.3 Å². The van der Waals surface area contributed by atoms with Gasteiger partial charge in [0.05, 0.1) is 17.2 Å². The minimum absolute atomic E-state index is 0.134. The summed E-state index contributed by atoms with van der Waals surface area (Å²) in [6, 6.07) is 0. The molecule has 2 aromatic heterocycles. The second kappa shape index (κ2) is 4.44. The van der Waals surface area contributed by atoms with E-state index < -0.39 is 9.84 Å². The number of fused-ring (bicyclic) bond motifs is 1. The van der Waals surface area contributed by atoms with Gasteiger partial charge in [-0.1, -0.05) is 5.16 Å². The minimum atomic E-state index is -2.84. The number of hydrogen-bond donors (Lipinski definition) is 1. The van der Waals surface area contributed by atoms with Gasteiger partial charge in [-0.15, -0.1) is 0 Å². The third-order valence-electron chi connectivity index (χ3n) is 3.33. The number of aryl methyl sites for hydroxylation is 1. The molecule has 0 amide bonds. The lowest BCUT2D eigenvalue weighted by atomic mass is 10.1. The third-order valence-corrected chi connectivity index (χ3v) is 5.17.